The van der Waals surface area contributed by atoms with Crippen LogP contribution in [0.5, 0.6) is 0 Å². The molecular formula is C14H21N5O. The summed E-state index contributed by atoms with van der Waals surface area (Å²) in [6.07, 6.45) is 0. The summed E-state index contributed by atoms with van der Waals surface area (Å²) < 4.78 is 5.38. The predicted molar refractivity (Wildman–Crippen MR) is 80.6 cm³/mol. The molecule has 1 aliphatic heterocycles. The lowest BCUT2D eigenvalue weighted by molar-refractivity contribution is 0.122. The molecule has 1 aromatic rings. The van der Waals surface area contributed by atoms with Crippen LogP contribution in [0.3, 0.4) is 0 Å². The van der Waals surface area contributed by atoms with Gasteiger partial charge in [0.2, 0.25) is 0 Å². The second kappa shape index (κ2) is 5.97. The van der Waals surface area contributed by atoms with Gasteiger partial charge in [0.05, 0.1) is 18.9 Å². The number of nitrogens with zero attached hydrogens (tertiary/aromatic N) is 5. The molecule has 2 heterocycles. The monoisotopic (exact) mass is 275 g/mol. The van der Waals surface area contributed by atoms with Crippen LogP contribution < -0.4 is 14.7 Å². The average Bonchev–Trinajstić information content (AvgIpc) is 2.46. The maximum Gasteiger partial charge on any atom is 0.150 e. The van der Waals surface area contributed by atoms with E-state index in [1.165, 1.54) is 0 Å². The largest absolute Gasteiger partial charge is 0.378 e. The molecule has 0 aromatic carbocycles. The van der Waals surface area contributed by atoms with E-state index in [-0.39, 0.29) is 0 Å². The van der Waals surface area contributed by atoms with Gasteiger partial charge in [-0.15, -0.1) is 0 Å². The van der Waals surface area contributed by atoms with Crippen molar-refractivity contribution in [2.24, 2.45) is 0 Å². The molecular weight excluding hydrogens is 254 g/mol. The Morgan fingerprint density at radius 2 is 1.85 bits per heavy atom. The summed E-state index contributed by atoms with van der Waals surface area (Å²) in [5, 5.41) is 9.42. The predicted octanol–water partition coefficient (Wildman–Crippen LogP) is 0.922. The van der Waals surface area contributed by atoms with Gasteiger partial charge in [0.25, 0.3) is 0 Å². The zero-order valence-corrected chi connectivity index (χ0v) is 12.6. The number of nitriles is 1. The van der Waals surface area contributed by atoms with Crippen LogP contribution in [0.1, 0.15) is 5.56 Å². The average molecular weight is 275 g/mol. The van der Waals surface area contributed by atoms with E-state index in [2.05, 4.69) is 16.0 Å². The van der Waals surface area contributed by atoms with E-state index in [1.54, 1.807) is 0 Å². The van der Waals surface area contributed by atoms with Crippen LogP contribution >= 0.6 is 0 Å². The first kappa shape index (κ1) is 14.4. The Balaban J connectivity index is 2.51. The van der Waals surface area contributed by atoms with Crippen LogP contribution in [-0.2, 0) is 4.74 Å². The van der Waals surface area contributed by atoms with Gasteiger partial charge in [-0.1, -0.05) is 0 Å². The van der Waals surface area contributed by atoms with E-state index in [4.69, 9.17) is 4.74 Å². The number of rotatable bonds is 3. The molecule has 1 aliphatic rings. The Labute approximate surface area is 120 Å². The zero-order valence-electron chi connectivity index (χ0n) is 12.6. The van der Waals surface area contributed by atoms with Gasteiger partial charge in [-0.3, -0.25) is 0 Å². The summed E-state index contributed by atoms with van der Waals surface area (Å²) in [5.74, 6) is 1.61. The molecule has 1 fully saturated rings. The van der Waals surface area contributed by atoms with E-state index < -0.39 is 0 Å². The van der Waals surface area contributed by atoms with Gasteiger partial charge in [-0.05, 0) is 0 Å². The van der Waals surface area contributed by atoms with Crippen molar-refractivity contribution in [1.29, 1.82) is 5.26 Å². The highest BCUT2D eigenvalue weighted by Gasteiger charge is 2.20. The Bertz CT molecular complexity index is 486. The lowest BCUT2D eigenvalue weighted by atomic mass is 10.2. The molecule has 0 spiro atoms. The minimum absolute atomic E-state index is 0.608. The topological polar surface area (TPSA) is 55.6 Å². The number of anilines is 3. The molecule has 108 valence electrons. The Morgan fingerprint density at radius 3 is 2.35 bits per heavy atom. The Hall–Kier alpha value is -2.00. The maximum absolute atomic E-state index is 9.42. The third-order valence-electron chi connectivity index (χ3n) is 3.32. The minimum Gasteiger partial charge on any atom is -0.378 e. The van der Waals surface area contributed by atoms with E-state index >= 15 is 0 Å². The molecule has 0 N–H and O–H groups in total. The van der Waals surface area contributed by atoms with Gasteiger partial charge in [0.1, 0.15) is 17.5 Å². The third kappa shape index (κ3) is 2.78. The third-order valence-corrected chi connectivity index (χ3v) is 3.32. The quantitative estimate of drug-likeness (QED) is 0.817. The van der Waals surface area contributed by atoms with Crippen LogP contribution in [0.15, 0.2) is 6.07 Å². The fraction of sp³-hybridized carbons (Fsp3) is 0.571. The van der Waals surface area contributed by atoms with Gasteiger partial charge >= 0.3 is 0 Å². The number of pyridine rings is 1. The summed E-state index contributed by atoms with van der Waals surface area (Å²) >= 11 is 0. The highest BCUT2D eigenvalue weighted by Crippen LogP contribution is 2.30. The SMILES string of the molecule is CN(C)c1cc(N2CCOCC2)nc(N(C)C)c1C#N. The summed E-state index contributed by atoms with van der Waals surface area (Å²) in [7, 11) is 7.70. The second-order valence-corrected chi connectivity index (χ2v) is 5.20. The molecule has 0 atom stereocenters. The van der Waals surface area contributed by atoms with Gasteiger partial charge < -0.3 is 19.4 Å². The molecule has 0 bridgehead atoms. The van der Waals surface area contributed by atoms with Crippen LogP contribution in [0.2, 0.25) is 0 Å². The van der Waals surface area contributed by atoms with Crippen molar-refractivity contribution >= 4 is 17.3 Å². The van der Waals surface area contributed by atoms with E-state index in [0.717, 1.165) is 37.8 Å². The number of morpholine rings is 1. The van der Waals surface area contributed by atoms with Gasteiger partial charge in [0, 0.05) is 47.3 Å². The fourth-order valence-corrected chi connectivity index (χ4v) is 2.24. The van der Waals surface area contributed by atoms with Crippen molar-refractivity contribution in [2.45, 2.75) is 0 Å². The Morgan fingerprint density at radius 1 is 1.20 bits per heavy atom. The molecule has 0 aliphatic carbocycles. The molecule has 1 aromatic heterocycles. The number of hydrogen-bond donors (Lipinski definition) is 0. The second-order valence-electron chi connectivity index (χ2n) is 5.20. The van der Waals surface area contributed by atoms with Gasteiger partial charge in [-0.2, -0.15) is 5.26 Å². The number of ether oxygens (including phenoxy) is 1. The highest BCUT2D eigenvalue weighted by atomic mass is 16.5. The molecule has 0 saturated carbocycles. The number of aromatic nitrogens is 1. The van der Waals surface area contributed by atoms with Gasteiger partial charge in [-0.25, -0.2) is 4.98 Å². The van der Waals surface area contributed by atoms with Crippen molar-refractivity contribution < 1.29 is 4.74 Å². The normalized spacial score (nSPS) is 14.8. The minimum atomic E-state index is 0.608. The van der Waals surface area contributed by atoms with E-state index in [1.807, 2.05) is 44.1 Å². The van der Waals surface area contributed by atoms with E-state index in [9.17, 15) is 5.26 Å². The summed E-state index contributed by atoms with van der Waals surface area (Å²) in [6.45, 7) is 3.10. The van der Waals surface area contributed by atoms with E-state index in [0.29, 0.717) is 11.4 Å². The number of hydrogen-bond acceptors (Lipinski definition) is 6. The van der Waals surface area contributed by atoms with Crippen LogP contribution in [0.25, 0.3) is 0 Å². The van der Waals surface area contributed by atoms with Crippen molar-refractivity contribution in [3.8, 4) is 6.07 Å². The molecule has 6 nitrogen and oxygen atoms in total. The van der Waals surface area contributed by atoms with Crippen molar-refractivity contribution in [1.82, 2.24) is 4.98 Å². The molecule has 20 heavy (non-hydrogen) atoms. The first-order valence-electron chi connectivity index (χ1n) is 6.67. The maximum atomic E-state index is 9.42. The lowest BCUT2D eigenvalue weighted by Gasteiger charge is -2.30. The van der Waals surface area contributed by atoms with Crippen LogP contribution in [0.4, 0.5) is 17.3 Å². The molecule has 6 heteroatoms. The first-order valence-corrected chi connectivity index (χ1v) is 6.67. The smallest absolute Gasteiger partial charge is 0.150 e. The van der Waals surface area contributed by atoms with Crippen LogP contribution in [-0.4, -0.2) is 59.5 Å². The zero-order chi connectivity index (χ0) is 14.7. The molecule has 0 unspecified atom stereocenters. The first-order chi connectivity index (χ1) is 9.54. The van der Waals surface area contributed by atoms with Crippen molar-refractivity contribution in [3.05, 3.63) is 11.6 Å². The standard InChI is InChI=1S/C14H21N5O/c1-17(2)12-9-13(19-5-7-20-8-6-19)16-14(18(3)4)11(12)10-15/h9H,5-8H2,1-4H3. The Kier molecular flexibility index (Phi) is 4.30. The van der Waals surface area contributed by atoms with Crippen LogP contribution in [0, 0.1) is 11.3 Å². The molecule has 0 amide bonds. The van der Waals surface area contributed by atoms with Crippen molar-refractivity contribution in [2.75, 3.05) is 69.2 Å². The lowest BCUT2D eigenvalue weighted by Crippen LogP contribution is -2.37. The molecule has 0 radical (unpaired) electrons. The van der Waals surface area contributed by atoms with Gasteiger partial charge in [0.15, 0.2) is 5.82 Å². The fourth-order valence-electron chi connectivity index (χ4n) is 2.24. The highest BCUT2D eigenvalue weighted by molar-refractivity contribution is 5.73. The van der Waals surface area contributed by atoms with Crippen molar-refractivity contribution in [3.63, 3.8) is 0 Å². The molecule has 2 rings (SSSR count). The molecule has 1 saturated heterocycles. The summed E-state index contributed by atoms with van der Waals surface area (Å²) in [6, 6.07) is 4.25. The summed E-state index contributed by atoms with van der Waals surface area (Å²) in [5.41, 5.74) is 1.50. The summed E-state index contributed by atoms with van der Waals surface area (Å²) in [4.78, 5) is 10.7.